The summed E-state index contributed by atoms with van der Waals surface area (Å²) in [7, 11) is 0. The first-order valence-corrected chi connectivity index (χ1v) is 5.39. The van der Waals surface area contributed by atoms with Crippen LogP contribution in [-0.2, 0) is 11.2 Å². The molecule has 1 fully saturated rings. The van der Waals surface area contributed by atoms with Crippen LogP contribution in [0.25, 0.3) is 5.65 Å². The lowest BCUT2D eigenvalue weighted by Gasteiger charge is -2.22. The van der Waals surface area contributed by atoms with Gasteiger partial charge in [0.25, 0.3) is 0 Å². The zero-order chi connectivity index (χ0) is 10.8. The number of morpholine rings is 1. The maximum atomic E-state index is 5.64. The summed E-state index contributed by atoms with van der Waals surface area (Å²) >= 11 is 0. The predicted octanol–water partition coefficient (Wildman–Crippen LogP) is -0.345. The smallest absolute Gasteiger partial charge is 0.179 e. The Kier molecular flexibility index (Phi) is 2.51. The number of hydrogen-bond acceptors (Lipinski definition) is 5. The van der Waals surface area contributed by atoms with Crippen LogP contribution in [0.4, 0.5) is 0 Å². The predicted molar refractivity (Wildman–Crippen MR) is 57.1 cm³/mol. The Morgan fingerprint density at radius 2 is 2.50 bits per heavy atom. The maximum Gasteiger partial charge on any atom is 0.179 e. The van der Waals surface area contributed by atoms with Crippen molar-refractivity contribution < 1.29 is 4.74 Å². The molecule has 0 spiro atoms. The van der Waals surface area contributed by atoms with Gasteiger partial charge in [0.05, 0.1) is 18.9 Å². The molecule has 1 aliphatic heterocycles. The van der Waals surface area contributed by atoms with Gasteiger partial charge >= 0.3 is 0 Å². The molecule has 0 amide bonds. The van der Waals surface area contributed by atoms with Crippen LogP contribution < -0.4 is 5.32 Å². The molecule has 16 heavy (non-hydrogen) atoms. The van der Waals surface area contributed by atoms with E-state index in [1.165, 1.54) is 0 Å². The number of nitrogens with one attached hydrogen (secondary N) is 1. The molecule has 0 aromatic carbocycles. The van der Waals surface area contributed by atoms with Crippen LogP contribution in [0.3, 0.4) is 0 Å². The van der Waals surface area contributed by atoms with Gasteiger partial charge < -0.3 is 10.1 Å². The number of hydrogen-bond donors (Lipinski definition) is 1. The lowest BCUT2D eigenvalue weighted by atomic mass is 10.2. The average Bonchev–Trinajstić information content (AvgIpc) is 2.74. The van der Waals surface area contributed by atoms with Gasteiger partial charge in [-0.1, -0.05) is 0 Å². The molecule has 1 unspecified atom stereocenters. The first kappa shape index (κ1) is 9.68. The molecule has 1 saturated heterocycles. The molecule has 0 bridgehead atoms. The van der Waals surface area contributed by atoms with Crippen LogP contribution >= 0.6 is 0 Å². The summed E-state index contributed by atoms with van der Waals surface area (Å²) < 4.78 is 7.59. The number of ether oxygens (including phenoxy) is 1. The van der Waals surface area contributed by atoms with E-state index in [0.29, 0.717) is 0 Å². The van der Waals surface area contributed by atoms with Crippen molar-refractivity contribution in [3.63, 3.8) is 0 Å². The van der Waals surface area contributed by atoms with E-state index < -0.39 is 0 Å². The minimum absolute atomic E-state index is 0.189. The van der Waals surface area contributed by atoms with E-state index in [0.717, 1.165) is 37.6 Å². The van der Waals surface area contributed by atoms with E-state index in [1.807, 2.05) is 10.6 Å². The first-order chi connectivity index (χ1) is 7.93. The molecule has 1 aliphatic rings. The standard InChI is InChI=1S/C10H13N5O/c1-3-15-9(13-14-10(15)7-11-1)5-8-6-12-2-4-16-8/h1,3,7-8,12H,2,4-6H2. The Morgan fingerprint density at radius 3 is 3.38 bits per heavy atom. The van der Waals surface area contributed by atoms with Crippen LogP contribution in [0.2, 0.25) is 0 Å². The lowest BCUT2D eigenvalue weighted by molar-refractivity contribution is 0.0279. The van der Waals surface area contributed by atoms with Gasteiger partial charge in [0.2, 0.25) is 0 Å². The van der Waals surface area contributed by atoms with Crippen LogP contribution in [0.15, 0.2) is 18.6 Å². The Bertz CT molecular complexity index is 477. The van der Waals surface area contributed by atoms with Crippen molar-refractivity contribution >= 4 is 5.65 Å². The van der Waals surface area contributed by atoms with Crippen molar-refractivity contribution in [3.8, 4) is 0 Å². The molecule has 3 heterocycles. The van der Waals surface area contributed by atoms with E-state index in [2.05, 4.69) is 20.5 Å². The van der Waals surface area contributed by atoms with Gasteiger partial charge in [0, 0.05) is 31.9 Å². The lowest BCUT2D eigenvalue weighted by Crippen LogP contribution is -2.39. The quantitative estimate of drug-likeness (QED) is 0.748. The maximum absolute atomic E-state index is 5.64. The van der Waals surface area contributed by atoms with Gasteiger partial charge in [-0.05, 0) is 0 Å². The third kappa shape index (κ3) is 1.77. The van der Waals surface area contributed by atoms with Crippen LogP contribution in [0.5, 0.6) is 0 Å². The van der Waals surface area contributed by atoms with E-state index in [4.69, 9.17) is 4.74 Å². The fourth-order valence-corrected chi connectivity index (χ4v) is 1.90. The topological polar surface area (TPSA) is 64.3 Å². The summed E-state index contributed by atoms with van der Waals surface area (Å²) in [5.41, 5.74) is 0.779. The Morgan fingerprint density at radius 1 is 1.50 bits per heavy atom. The second kappa shape index (κ2) is 4.15. The minimum atomic E-state index is 0.189. The molecule has 84 valence electrons. The van der Waals surface area contributed by atoms with Crippen molar-refractivity contribution in [1.82, 2.24) is 24.9 Å². The molecule has 0 saturated carbocycles. The zero-order valence-electron chi connectivity index (χ0n) is 8.83. The van der Waals surface area contributed by atoms with E-state index >= 15 is 0 Å². The largest absolute Gasteiger partial charge is 0.375 e. The molecule has 0 aliphatic carbocycles. The summed E-state index contributed by atoms with van der Waals surface area (Å²) in [6.07, 6.45) is 6.28. The Labute approximate surface area is 92.7 Å². The van der Waals surface area contributed by atoms with E-state index in [-0.39, 0.29) is 6.10 Å². The molecule has 3 rings (SSSR count). The SMILES string of the molecule is c1cn2c(CC3CNCCO3)nnc2cn1. The van der Waals surface area contributed by atoms with Crippen LogP contribution in [-0.4, -0.2) is 45.4 Å². The van der Waals surface area contributed by atoms with Crippen molar-refractivity contribution in [2.24, 2.45) is 0 Å². The fraction of sp³-hybridized carbons (Fsp3) is 0.500. The summed E-state index contributed by atoms with van der Waals surface area (Å²) in [4.78, 5) is 4.01. The normalized spacial score (nSPS) is 21.4. The molecule has 0 radical (unpaired) electrons. The zero-order valence-corrected chi connectivity index (χ0v) is 8.83. The third-order valence-corrected chi connectivity index (χ3v) is 2.70. The highest BCUT2D eigenvalue weighted by Gasteiger charge is 2.17. The molecular formula is C10H13N5O. The number of nitrogens with zero attached hydrogens (tertiary/aromatic N) is 4. The summed E-state index contributed by atoms with van der Waals surface area (Å²) in [6, 6.07) is 0. The van der Waals surface area contributed by atoms with E-state index in [9.17, 15) is 0 Å². The molecule has 1 N–H and O–H groups in total. The second-order valence-electron chi connectivity index (χ2n) is 3.82. The summed E-state index contributed by atoms with van der Waals surface area (Å²) in [5.74, 6) is 0.922. The highest BCUT2D eigenvalue weighted by molar-refractivity contribution is 5.33. The van der Waals surface area contributed by atoms with E-state index in [1.54, 1.807) is 12.4 Å². The highest BCUT2D eigenvalue weighted by Crippen LogP contribution is 2.07. The molecule has 2 aromatic heterocycles. The minimum Gasteiger partial charge on any atom is -0.375 e. The fourth-order valence-electron chi connectivity index (χ4n) is 1.90. The summed E-state index contributed by atoms with van der Waals surface area (Å²) in [6.45, 7) is 2.57. The van der Waals surface area contributed by atoms with Crippen molar-refractivity contribution in [3.05, 3.63) is 24.4 Å². The van der Waals surface area contributed by atoms with Crippen molar-refractivity contribution in [2.75, 3.05) is 19.7 Å². The van der Waals surface area contributed by atoms with Crippen molar-refractivity contribution in [2.45, 2.75) is 12.5 Å². The van der Waals surface area contributed by atoms with Gasteiger partial charge in [0.1, 0.15) is 5.82 Å². The Hall–Kier alpha value is -1.53. The average molecular weight is 219 g/mol. The van der Waals surface area contributed by atoms with Gasteiger partial charge in [0.15, 0.2) is 5.65 Å². The van der Waals surface area contributed by atoms with Gasteiger partial charge in [-0.2, -0.15) is 0 Å². The van der Waals surface area contributed by atoms with Gasteiger partial charge in [-0.15, -0.1) is 10.2 Å². The Balaban J connectivity index is 1.83. The van der Waals surface area contributed by atoms with Crippen LogP contribution in [0, 0.1) is 0 Å². The number of fused-ring (bicyclic) bond motifs is 1. The molecular weight excluding hydrogens is 206 g/mol. The monoisotopic (exact) mass is 219 g/mol. The molecule has 6 heteroatoms. The number of aromatic nitrogens is 4. The highest BCUT2D eigenvalue weighted by atomic mass is 16.5. The van der Waals surface area contributed by atoms with Gasteiger partial charge in [-0.3, -0.25) is 9.38 Å². The summed E-state index contributed by atoms with van der Waals surface area (Å²) in [5, 5.41) is 11.5. The second-order valence-corrected chi connectivity index (χ2v) is 3.82. The number of rotatable bonds is 2. The third-order valence-electron chi connectivity index (χ3n) is 2.70. The van der Waals surface area contributed by atoms with Crippen LogP contribution in [0.1, 0.15) is 5.82 Å². The molecule has 2 aromatic rings. The van der Waals surface area contributed by atoms with Gasteiger partial charge in [-0.25, -0.2) is 0 Å². The molecule has 1 atom stereocenters. The van der Waals surface area contributed by atoms with Crippen molar-refractivity contribution in [1.29, 1.82) is 0 Å². The first-order valence-electron chi connectivity index (χ1n) is 5.39. The molecule has 6 nitrogen and oxygen atoms in total.